The van der Waals surface area contributed by atoms with Gasteiger partial charge in [-0.25, -0.2) is 0 Å². The fourth-order valence-electron chi connectivity index (χ4n) is 5.56. The molecule has 0 aliphatic heterocycles. The SMILES string of the molecule is CC1CCCCC(C(CN)CCC2CCCC2)C1CCCCN. The van der Waals surface area contributed by atoms with Gasteiger partial charge < -0.3 is 11.5 Å². The molecule has 4 atom stereocenters. The summed E-state index contributed by atoms with van der Waals surface area (Å²) in [4.78, 5) is 0. The maximum absolute atomic E-state index is 6.28. The van der Waals surface area contributed by atoms with E-state index < -0.39 is 0 Å². The van der Waals surface area contributed by atoms with Crippen molar-refractivity contribution in [1.82, 2.24) is 0 Å². The van der Waals surface area contributed by atoms with Gasteiger partial charge in [-0.3, -0.25) is 0 Å². The van der Waals surface area contributed by atoms with Gasteiger partial charge >= 0.3 is 0 Å². The summed E-state index contributed by atoms with van der Waals surface area (Å²) >= 11 is 0. The third-order valence-corrected chi connectivity index (χ3v) is 7.05. The summed E-state index contributed by atoms with van der Waals surface area (Å²) in [5.74, 6) is 4.47. The number of hydrogen-bond acceptors (Lipinski definition) is 2. The molecule has 2 aliphatic rings. The van der Waals surface area contributed by atoms with Crippen molar-refractivity contribution in [1.29, 1.82) is 0 Å². The molecule has 23 heavy (non-hydrogen) atoms. The van der Waals surface area contributed by atoms with Gasteiger partial charge in [0.2, 0.25) is 0 Å². The quantitative estimate of drug-likeness (QED) is 0.458. The maximum atomic E-state index is 6.28. The summed E-state index contributed by atoms with van der Waals surface area (Å²) in [5.41, 5.74) is 12.0. The average Bonchev–Trinajstić information content (AvgIpc) is 3.01. The first-order valence-corrected chi connectivity index (χ1v) is 10.7. The van der Waals surface area contributed by atoms with Crippen LogP contribution in [0.1, 0.15) is 90.4 Å². The zero-order chi connectivity index (χ0) is 16.5. The van der Waals surface area contributed by atoms with E-state index in [0.717, 1.165) is 42.7 Å². The molecule has 0 bridgehead atoms. The van der Waals surface area contributed by atoms with Gasteiger partial charge in [0.25, 0.3) is 0 Å². The lowest BCUT2D eigenvalue weighted by Gasteiger charge is -2.36. The molecule has 0 saturated heterocycles. The second-order valence-electron chi connectivity index (χ2n) is 8.60. The Morgan fingerprint density at radius 3 is 2.26 bits per heavy atom. The summed E-state index contributed by atoms with van der Waals surface area (Å²) in [7, 11) is 0. The minimum atomic E-state index is 0.777. The highest BCUT2D eigenvalue weighted by Gasteiger charge is 2.33. The van der Waals surface area contributed by atoms with E-state index in [0.29, 0.717) is 0 Å². The topological polar surface area (TPSA) is 52.0 Å². The summed E-state index contributed by atoms with van der Waals surface area (Å²) in [6.45, 7) is 4.28. The summed E-state index contributed by atoms with van der Waals surface area (Å²) in [6.07, 6.45) is 18.4. The molecule has 4 N–H and O–H groups in total. The Morgan fingerprint density at radius 1 is 0.870 bits per heavy atom. The van der Waals surface area contributed by atoms with Crippen molar-refractivity contribution < 1.29 is 0 Å². The lowest BCUT2D eigenvalue weighted by atomic mass is 9.70. The average molecular weight is 323 g/mol. The molecule has 2 saturated carbocycles. The molecule has 2 fully saturated rings. The van der Waals surface area contributed by atoms with Crippen molar-refractivity contribution in [2.75, 3.05) is 13.1 Å². The normalized spacial score (nSPS) is 31.2. The van der Waals surface area contributed by atoms with Crippen LogP contribution >= 0.6 is 0 Å². The fourth-order valence-corrected chi connectivity index (χ4v) is 5.56. The standard InChI is InChI=1S/C21H42N2/c1-17-8-2-5-12-21(20(17)11-6-7-15-22)19(16-23)14-13-18-9-3-4-10-18/h17-21H,2-16,22-23H2,1H3. The third-order valence-electron chi connectivity index (χ3n) is 7.05. The predicted octanol–water partition coefficient (Wildman–Crippen LogP) is 5.10. The summed E-state index contributed by atoms with van der Waals surface area (Å²) in [5, 5.41) is 0. The molecule has 2 rings (SSSR count). The Hall–Kier alpha value is -0.0800. The van der Waals surface area contributed by atoms with Gasteiger partial charge in [0, 0.05) is 0 Å². The summed E-state index contributed by atoms with van der Waals surface area (Å²) < 4.78 is 0. The predicted molar refractivity (Wildman–Crippen MR) is 101 cm³/mol. The van der Waals surface area contributed by atoms with Gasteiger partial charge in [-0.05, 0) is 68.4 Å². The molecular weight excluding hydrogens is 280 g/mol. The van der Waals surface area contributed by atoms with Crippen LogP contribution in [-0.2, 0) is 0 Å². The number of nitrogens with two attached hydrogens (primary N) is 2. The van der Waals surface area contributed by atoms with Crippen LogP contribution in [0.3, 0.4) is 0 Å². The highest BCUT2D eigenvalue weighted by Crippen LogP contribution is 2.42. The van der Waals surface area contributed by atoms with E-state index in [1.807, 2.05) is 0 Å². The zero-order valence-corrected chi connectivity index (χ0v) is 15.6. The van der Waals surface area contributed by atoms with Crippen LogP contribution in [-0.4, -0.2) is 13.1 Å². The molecule has 0 aromatic rings. The van der Waals surface area contributed by atoms with Crippen molar-refractivity contribution in [3.63, 3.8) is 0 Å². The zero-order valence-electron chi connectivity index (χ0n) is 15.6. The first-order chi connectivity index (χ1) is 11.3. The molecule has 0 aromatic carbocycles. The number of unbranched alkanes of at least 4 members (excludes halogenated alkanes) is 1. The molecule has 2 aliphatic carbocycles. The third kappa shape index (κ3) is 6.05. The molecule has 4 unspecified atom stereocenters. The van der Waals surface area contributed by atoms with E-state index in [-0.39, 0.29) is 0 Å². The Bertz CT molecular complexity index is 298. The maximum Gasteiger partial charge on any atom is -0.00461 e. The van der Waals surface area contributed by atoms with Crippen LogP contribution < -0.4 is 11.5 Å². The van der Waals surface area contributed by atoms with Crippen molar-refractivity contribution in [3.05, 3.63) is 0 Å². The largest absolute Gasteiger partial charge is 0.330 e. The Kier molecular flexibility index (Phi) is 8.97. The van der Waals surface area contributed by atoms with Gasteiger partial charge in [0.1, 0.15) is 0 Å². The first-order valence-electron chi connectivity index (χ1n) is 10.7. The van der Waals surface area contributed by atoms with Crippen molar-refractivity contribution in [2.24, 2.45) is 41.1 Å². The van der Waals surface area contributed by atoms with Crippen LogP contribution in [0, 0.1) is 29.6 Å². The van der Waals surface area contributed by atoms with E-state index in [1.54, 1.807) is 0 Å². The molecule has 0 spiro atoms. The van der Waals surface area contributed by atoms with E-state index in [4.69, 9.17) is 11.5 Å². The van der Waals surface area contributed by atoms with Crippen LogP contribution in [0.4, 0.5) is 0 Å². The van der Waals surface area contributed by atoms with E-state index >= 15 is 0 Å². The smallest absolute Gasteiger partial charge is 0.00461 e. The Labute approximate surface area is 145 Å². The van der Waals surface area contributed by atoms with Gasteiger partial charge in [0.05, 0.1) is 0 Å². The van der Waals surface area contributed by atoms with Crippen LogP contribution in [0.25, 0.3) is 0 Å². The molecular formula is C21H42N2. The monoisotopic (exact) mass is 322 g/mol. The highest BCUT2D eigenvalue weighted by atomic mass is 14.6. The molecule has 2 nitrogen and oxygen atoms in total. The van der Waals surface area contributed by atoms with Crippen molar-refractivity contribution in [2.45, 2.75) is 90.4 Å². The van der Waals surface area contributed by atoms with Crippen molar-refractivity contribution in [3.8, 4) is 0 Å². The second-order valence-corrected chi connectivity index (χ2v) is 8.60. The lowest BCUT2D eigenvalue weighted by Crippen LogP contribution is -2.32. The molecule has 0 amide bonds. The van der Waals surface area contributed by atoms with Crippen molar-refractivity contribution >= 4 is 0 Å². The van der Waals surface area contributed by atoms with Gasteiger partial charge in [0.15, 0.2) is 0 Å². The van der Waals surface area contributed by atoms with E-state index in [1.165, 1.54) is 83.5 Å². The highest BCUT2D eigenvalue weighted by molar-refractivity contribution is 4.84. The van der Waals surface area contributed by atoms with Gasteiger partial charge in [-0.1, -0.05) is 64.7 Å². The van der Waals surface area contributed by atoms with Gasteiger partial charge in [-0.15, -0.1) is 0 Å². The number of hydrogen-bond donors (Lipinski definition) is 2. The minimum absolute atomic E-state index is 0.777. The van der Waals surface area contributed by atoms with Gasteiger partial charge in [-0.2, -0.15) is 0 Å². The van der Waals surface area contributed by atoms with E-state index in [2.05, 4.69) is 6.92 Å². The second kappa shape index (κ2) is 10.7. The van der Waals surface area contributed by atoms with E-state index in [9.17, 15) is 0 Å². The molecule has 0 aromatic heterocycles. The number of rotatable bonds is 9. The Morgan fingerprint density at radius 2 is 1.57 bits per heavy atom. The summed E-state index contributed by atoms with van der Waals surface area (Å²) in [6, 6.07) is 0. The molecule has 0 radical (unpaired) electrons. The van der Waals surface area contributed by atoms with Crippen LogP contribution in [0.5, 0.6) is 0 Å². The lowest BCUT2D eigenvalue weighted by molar-refractivity contribution is 0.147. The molecule has 0 heterocycles. The molecule has 136 valence electrons. The Balaban J connectivity index is 1.93. The molecule has 2 heteroatoms. The first kappa shape index (κ1) is 19.2. The minimum Gasteiger partial charge on any atom is -0.330 e. The fraction of sp³-hybridized carbons (Fsp3) is 1.00. The van der Waals surface area contributed by atoms with Crippen LogP contribution in [0.15, 0.2) is 0 Å². The van der Waals surface area contributed by atoms with Crippen LogP contribution in [0.2, 0.25) is 0 Å².